The van der Waals surface area contributed by atoms with E-state index in [4.69, 9.17) is 9.47 Å². The predicted octanol–water partition coefficient (Wildman–Crippen LogP) is 5.32. The van der Waals surface area contributed by atoms with Crippen molar-refractivity contribution in [1.82, 2.24) is 0 Å². The van der Waals surface area contributed by atoms with Crippen LogP contribution in [0.3, 0.4) is 0 Å². The Bertz CT molecular complexity index is 773. The summed E-state index contributed by atoms with van der Waals surface area (Å²) >= 11 is 0. The molecule has 4 nitrogen and oxygen atoms in total. The first-order valence-corrected chi connectivity index (χ1v) is 9.43. The van der Waals surface area contributed by atoms with Crippen LogP contribution in [-0.2, 0) is 0 Å². The number of benzene rings is 2. The van der Waals surface area contributed by atoms with E-state index in [9.17, 15) is 10.2 Å². The Labute approximate surface area is 154 Å². The van der Waals surface area contributed by atoms with Crippen LogP contribution in [0.4, 0.5) is 0 Å². The van der Waals surface area contributed by atoms with Gasteiger partial charge in [0, 0.05) is 12.3 Å². The number of hydrogen-bond donors (Lipinski definition) is 2. The van der Waals surface area contributed by atoms with Gasteiger partial charge in [0.05, 0.1) is 11.1 Å². The summed E-state index contributed by atoms with van der Waals surface area (Å²) < 4.78 is 13.1. The maximum Gasteiger partial charge on any atom is 0.254 e. The summed E-state index contributed by atoms with van der Waals surface area (Å²) in [7, 11) is 0. The summed E-state index contributed by atoms with van der Waals surface area (Å²) in [5.41, 5.74) is 0.997. The van der Waals surface area contributed by atoms with Gasteiger partial charge in [0.1, 0.15) is 23.0 Å². The van der Waals surface area contributed by atoms with Crippen LogP contribution >= 0.6 is 0 Å². The van der Waals surface area contributed by atoms with Crippen molar-refractivity contribution >= 4 is 0 Å². The maximum absolute atomic E-state index is 10.5. The summed E-state index contributed by atoms with van der Waals surface area (Å²) in [4.78, 5) is 0. The van der Waals surface area contributed by atoms with Gasteiger partial charge < -0.3 is 19.7 Å². The molecule has 1 saturated carbocycles. The van der Waals surface area contributed by atoms with Crippen molar-refractivity contribution in [3.05, 3.63) is 36.4 Å². The van der Waals surface area contributed by atoms with Gasteiger partial charge in [-0.25, -0.2) is 0 Å². The lowest BCUT2D eigenvalue weighted by atomic mass is 9.72. The van der Waals surface area contributed by atoms with Crippen LogP contribution in [-0.4, -0.2) is 16.0 Å². The SMILES string of the molecule is CC(C)[C@H]1CC[C@H](C)CC12Oc1cccc(O)c1-c1c(O)cccc1O2. The molecule has 1 aliphatic heterocycles. The van der Waals surface area contributed by atoms with E-state index in [0.29, 0.717) is 34.5 Å². The van der Waals surface area contributed by atoms with E-state index >= 15 is 0 Å². The molecule has 0 saturated heterocycles. The number of rotatable bonds is 1. The molecule has 1 aliphatic carbocycles. The van der Waals surface area contributed by atoms with Crippen molar-refractivity contribution in [3.63, 3.8) is 0 Å². The van der Waals surface area contributed by atoms with Crippen LogP contribution in [0, 0.1) is 17.8 Å². The van der Waals surface area contributed by atoms with Gasteiger partial charge in [-0.05, 0) is 48.9 Å². The van der Waals surface area contributed by atoms with E-state index in [0.717, 1.165) is 19.3 Å². The minimum atomic E-state index is -0.798. The molecule has 0 amide bonds. The molecule has 1 heterocycles. The first-order chi connectivity index (χ1) is 12.4. The molecule has 1 spiro atoms. The number of hydrogen-bond acceptors (Lipinski definition) is 4. The molecule has 0 aromatic heterocycles. The third-order valence-corrected chi connectivity index (χ3v) is 5.80. The molecule has 0 bridgehead atoms. The number of phenols is 2. The standard InChI is InChI=1S/C22H26O4/c1-13(2)15-11-10-14(3)12-22(15)25-18-8-4-6-16(23)20(18)21-17(24)7-5-9-19(21)26-22/h4-9,13-15,23-24H,10-12H2,1-3H3/t14-,15+/m0/s1. The van der Waals surface area contributed by atoms with Crippen LogP contribution in [0.1, 0.15) is 40.0 Å². The van der Waals surface area contributed by atoms with Crippen LogP contribution in [0.5, 0.6) is 23.0 Å². The van der Waals surface area contributed by atoms with Gasteiger partial charge in [0.25, 0.3) is 5.79 Å². The summed E-state index contributed by atoms with van der Waals surface area (Å²) in [6.07, 6.45) is 2.96. The van der Waals surface area contributed by atoms with Crippen molar-refractivity contribution in [3.8, 4) is 34.1 Å². The quantitative estimate of drug-likeness (QED) is 0.727. The van der Waals surface area contributed by atoms with Crippen LogP contribution in [0.2, 0.25) is 0 Å². The molecule has 2 N–H and O–H groups in total. The third kappa shape index (κ3) is 2.59. The number of phenolic OH excluding ortho intramolecular Hbond substituents is 2. The highest BCUT2D eigenvalue weighted by molar-refractivity contribution is 5.85. The Morgan fingerprint density at radius 2 is 1.46 bits per heavy atom. The highest BCUT2D eigenvalue weighted by Crippen LogP contribution is 2.54. The van der Waals surface area contributed by atoms with Gasteiger partial charge in [-0.15, -0.1) is 0 Å². The Morgan fingerprint density at radius 3 is 1.96 bits per heavy atom. The Hall–Kier alpha value is -2.36. The Morgan fingerprint density at radius 1 is 0.923 bits per heavy atom. The summed E-state index contributed by atoms with van der Waals surface area (Å²) in [6.45, 7) is 6.63. The lowest BCUT2D eigenvalue weighted by Crippen LogP contribution is -2.54. The second kappa shape index (κ2) is 6.11. The minimum absolute atomic E-state index is 0.0795. The average molecular weight is 354 g/mol. The Kier molecular flexibility index (Phi) is 4.02. The van der Waals surface area contributed by atoms with Crippen LogP contribution in [0.15, 0.2) is 36.4 Å². The van der Waals surface area contributed by atoms with Crippen molar-refractivity contribution in [2.45, 2.75) is 45.8 Å². The summed E-state index contributed by atoms with van der Waals surface area (Å²) in [5, 5.41) is 21.0. The normalized spacial score (nSPS) is 23.5. The second-order valence-corrected chi connectivity index (χ2v) is 8.05. The van der Waals surface area contributed by atoms with E-state index in [1.807, 2.05) is 12.1 Å². The Balaban J connectivity index is 1.96. The zero-order valence-corrected chi connectivity index (χ0v) is 15.5. The van der Waals surface area contributed by atoms with Crippen molar-refractivity contribution in [2.75, 3.05) is 0 Å². The fourth-order valence-electron chi connectivity index (χ4n) is 4.60. The zero-order chi connectivity index (χ0) is 18.5. The molecule has 138 valence electrons. The van der Waals surface area contributed by atoms with Crippen molar-refractivity contribution < 1.29 is 19.7 Å². The minimum Gasteiger partial charge on any atom is -0.507 e. The zero-order valence-electron chi connectivity index (χ0n) is 15.5. The van der Waals surface area contributed by atoms with Crippen LogP contribution < -0.4 is 9.47 Å². The maximum atomic E-state index is 10.5. The van der Waals surface area contributed by atoms with Gasteiger partial charge in [-0.1, -0.05) is 32.9 Å². The topological polar surface area (TPSA) is 58.9 Å². The van der Waals surface area contributed by atoms with Crippen molar-refractivity contribution in [2.24, 2.45) is 17.8 Å². The molecule has 1 fully saturated rings. The van der Waals surface area contributed by atoms with Gasteiger partial charge in [-0.3, -0.25) is 0 Å². The number of fused-ring (bicyclic) bond motifs is 3. The lowest BCUT2D eigenvalue weighted by Gasteiger charge is -2.46. The van der Waals surface area contributed by atoms with Crippen molar-refractivity contribution in [1.29, 1.82) is 0 Å². The largest absolute Gasteiger partial charge is 0.507 e. The smallest absolute Gasteiger partial charge is 0.254 e. The molecule has 2 atom stereocenters. The van der Waals surface area contributed by atoms with E-state index in [1.54, 1.807) is 24.3 Å². The number of ether oxygens (including phenoxy) is 2. The third-order valence-electron chi connectivity index (χ3n) is 5.80. The second-order valence-electron chi connectivity index (χ2n) is 8.05. The van der Waals surface area contributed by atoms with E-state index in [-0.39, 0.29) is 17.4 Å². The molecule has 0 radical (unpaired) electrons. The van der Waals surface area contributed by atoms with E-state index in [2.05, 4.69) is 20.8 Å². The molecule has 0 unspecified atom stereocenters. The lowest BCUT2D eigenvalue weighted by molar-refractivity contribution is -0.194. The summed E-state index contributed by atoms with van der Waals surface area (Å²) in [6, 6.07) is 10.4. The number of aromatic hydroxyl groups is 2. The molecular weight excluding hydrogens is 328 g/mol. The van der Waals surface area contributed by atoms with Gasteiger partial charge in [-0.2, -0.15) is 0 Å². The van der Waals surface area contributed by atoms with Gasteiger partial charge in [0.15, 0.2) is 0 Å². The highest BCUT2D eigenvalue weighted by Gasteiger charge is 2.51. The predicted molar refractivity (Wildman–Crippen MR) is 101 cm³/mol. The molecule has 26 heavy (non-hydrogen) atoms. The van der Waals surface area contributed by atoms with Gasteiger partial charge in [0.2, 0.25) is 0 Å². The summed E-state index contributed by atoms with van der Waals surface area (Å²) in [5.74, 6) is 1.57. The molecular formula is C22H26O4. The van der Waals surface area contributed by atoms with E-state index in [1.165, 1.54) is 0 Å². The van der Waals surface area contributed by atoms with E-state index < -0.39 is 5.79 Å². The van der Waals surface area contributed by atoms with Crippen LogP contribution in [0.25, 0.3) is 11.1 Å². The monoisotopic (exact) mass is 354 g/mol. The first kappa shape index (κ1) is 17.1. The first-order valence-electron chi connectivity index (χ1n) is 9.43. The van der Waals surface area contributed by atoms with Gasteiger partial charge >= 0.3 is 0 Å². The molecule has 4 heteroatoms. The molecule has 2 aromatic carbocycles. The molecule has 2 aromatic rings. The highest BCUT2D eigenvalue weighted by atomic mass is 16.7. The fourth-order valence-corrected chi connectivity index (χ4v) is 4.60. The molecule has 2 aliphatic rings. The fraction of sp³-hybridized carbons (Fsp3) is 0.455. The average Bonchev–Trinajstić information content (AvgIpc) is 2.70. The molecule has 4 rings (SSSR count).